The van der Waals surface area contributed by atoms with Crippen molar-refractivity contribution in [3.05, 3.63) is 41.2 Å². The summed E-state index contributed by atoms with van der Waals surface area (Å²) >= 11 is 2.10. The maximum atomic E-state index is 12.4. The number of alkyl halides is 1. The molecule has 9 nitrogen and oxygen atoms in total. The predicted molar refractivity (Wildman–Crippen MR) is 112 cm³/mol. The molecule has 3 rings (SSSR count). The smallest absolute Gasteiger partial charge is 0.302 e. The van der Waals surface area contributed by atoms with Gasteiger partial charge in [-0.25, -0.2) is 9.97 Å². The summed E-state index contributed by atoms with van der Waals surface area (Å²) in [5.41, 5.74) is 13.2. The SMILES string of the molecule is COc1ccc(C[C@H]2CN/C(=N/C(=O)c3nc(CI)c(N)nc3N)N2)cc1. The summed E-state index contributed by atoms with van der Waals surface area (Å²) in [4.78, 5) is 24.6. The van der Waals surface area contributed by atoms with E-state index in [2.05, 4.69) is 48.2 Å². The highest BCUT2D eigenvalue weighted by Gasteiger charge is 2.22. The van der Waals surface area contributed by atoms with Crippen LogP contribution in [0.25, 0.3) is 0 Å². The molecule has 1 amide bonds. The number of guanidine groups is 1. The Morgan fingerprint density at radius 2 is 2.04 bits per heavy atom. The van der Waals surface area contributed by atoms with E-state index in [4.69, 9.17) is 16.2 Å². The van der Waals surface area contributed by atoms with Crippen molar-refractivity contribution in [3.8, 4) is 5.75 Å². The predicted octanol–water partition coefficient (Wildman–Crippen LogP) is 0.885. The fourth-order valence-electron chi connectivity index (χ4n) is 2.66. The van der Waals surface area contributed by atoms with E-state index in [9.17, 15) is 4.79 Å². The number of ether oxygens (including phenoxy) is 1. The normalized spacial score (nSPS) is 17.4. The van der Waals surface area contributed by atoms with Crippen molar-refractivity contribution < 1.29 is 9.53 Å². The zero-order chi connectivity index (χ0) is 19.4. The summed E-state index contributed by atoms with van der Waals surface area (Å²) in [6, 6.07) is 7.98. The van der Waals surface area contributed by atoms with Gasteiger partial charge in [0.2, 0.25) is 0 Å². The fourth-order valence-corrected chi connectivity index (χ4v) is 3.22. The third-order valence-electron chi connectivity index (χ3n) is 4.07. The Balaban J connectivity index is 1.67. The third kappa shape index (κ3) is 4.56. The number of carbonyl (C=O) groups is 1. The topological polar surface area (TPSA) is 141 Å². The molecule has 27 heavy (non-hydrogen) atoms. The zero-order valence-corrected chi connectivity index (χ0v) is 16.9. The van der Waals surface area contributed by atoms with Crippen LogP contribution in [0.15, 0.2) is 29.3 Å². The average molecular weight is 481 g/mol. The Morgan fingerprint density at radius 3 is 2.70 bits per heavy atom. The number of hydrogen-bond acceptors (Lipinski definition) is 6. The van der Waals surface area contributed by atoms with Crippen LogP contribution in [0.4, 0.5) is 11.6 Å². The highest BCUT2D eigenvalue weighted by atomic mass is 127. The van der Waals surface area contributed by atoms with Crippen molar-refractivity contribution in [1.82, 2.24) is 20.6 Å². The molecule has 0 spiro atoms. The van der Waals surface area contributed by atoms with E-state index in [1.54, 1.807) is 7.11 Å². The number of nitrogen functional groups attached to an aromatic ring is 2. The first-order valence-electron chi connectivity index (χ1n) is 8.24. The van der Waals surface area contributed by atoms with E-state index in [-0.39, 0.29) is 23.4 Å². The molecule has 1 fully saturated rings. The molecule has 2 heterocycles. The number of rotatable bonds is 5. The maximum absolute atomic E-state index is 12.4. The number of anilines is 2. The molecule has 1 saturated heterocycles. The van der Waals surface area contributed by atoms with Crippen molar-refractivity contribution in [3.63, 3.8) is 0 Å². The standard InChI is InChI=1S/C17H20IN7O2/c1-27-11-4-2-9(3-5-11)6-10-8-21-17(22-10)25-16(26)13-15(20)24-14(19)12(7-18)23-13/h2-5,10H,6-8H2,1H3,(H4,19,20,24)(H2,21,22,25,26)/t10-/m0/s1. The first kappa shape index (κ1) is 19.1. The molecule has 6 N–H and O–H groups in total. The van der Waals surface area contributed by atoms with Gasteiger partial charge >= 0.3 is 5.91 Å². The molecule has 0 saturated carbocycles. The summed E-state index contributed by atoms with van der Waals surface area (Å²) in [5.74, 6) is 0.849. The monoisotopic (exact) mass is 481 g/mol. The van der Waals surface area contributed by atoms with Crippen molar-refractivity contribution in [2.45, 2.75) is 16.9 Å². The number of nitrogens with one attached hydrogen (secondary N) is 2. The third-order valence-corrected chi connectivity index (χ3v) is 4.79. The van der Waals surface area contributed by atoms with E-state index >= 15 is 0 Å². The van der Waals surface area contributed by atoms with Gasteiger partial charge in [-0.2, -0.15) is 4.99 Å². The minimum absolute atomic E-state index is 0.00516. The molecule has 1 aliphatic heterocycles. The molecule has 1 aliphatic rings. The number of benzene rings is 1. The second kappa shape index (κ2) is 8.37. The van der Waals surface area contributed by atoms with E-state index < -0.39 is 5.91 Å². The van der Waals surface area contributed by atoms with E-state index in [0.29, 0.717) is 22.6 Å². The second-order valence-corrected chi connectivity index (χ2v) is 6.73. The van der Waals surface area contributed by atoms with Gasteiger partial charge in [-0.15, -0.1) is 0 Å². The van der Waals surface area contributed by atoms with Crippen molar-refractivity contribution >= 4 is 46.1 Å². The molecular formula is C17H20IN7O2. The van der Waals surface area contributed by atoms with Crippen LogP contribution >= 0.6 is 22.6 Å². The Kier molecular flexibility index (Phi) is 5.94. The number of hydrogen-bond donors (Lipinski definition) is 4. The van der Waals surface area contributed by atoms with Crippen LogP contribution in [0, 0.1) is 0 Å². The van der Waals surface area contributed by atoms with Gasteiger partial charge in [0, 0.05) is 11.0 Å². The summed E-state index contributed by atoms with van der Waals surface area (Å²) in [7, 11) is 1.64. The van der Waals surface area contributed by atoms with Crippen LogP contribution in [0.5, 0.6) is 5.75 Å². The minimum Gasteiger partial charge on any atom is -0.497 e. The van der Waals surface area contributed by atoms with Crippen molar-refractivity contribution in [2.75, 3.05) is 25.1 Å². The molecule has 1 aromatic heterocycles. The molecule has 0 radical (unpaired) electrons. The number of amides is 1. The molecule has 0 unspecified atom stereocenters. The average Bonchev–Trinajstić information content (AvgIpc) is 3.09. The Bertz CT molecular complexity index is 870. The Labute approximate surface area is 170 Å². The first-order chi connectivity index (χ1) is 13.0. The molecule has 0 bridgehead atoms. The number of carbonyl (C=O) groups excluding carboxylic acids is 1. The number of aromatic nitrogens is 2. The Hall–Kier alpha value is -2.63. The quantitative estimate of drug-likeness (QED) is 0.365. The highest BCUT2D eigenvalue weighted by Crippen LogP contribution is 2.17. The van der Waals surface area contributed by atoms with Gasteiger partial charge in [-0.1, -0.05) is 34.7 Å². The minimum atomic E-state index is -0.564. The van der Waals surface area contributed by atoms with Gasteiger partial charge < -0.3 is 26.8 Å². The number of halogens is 1. The number of nitrogens with zero attached hydrogens (tertiary/aromatic N) is 3. The first-order valence-corrected chi connectivity index (χ1v) is 9.77. The van der Waals surface area contributed by atoms with Crippen LogP contribution in [0.2, 0.25) is 0 Å². The summed E-state index contributed by atoms with van der Waals surface area (Å²) < 4.78 is 5.68. The zero-order valence-electron chi connectivity index (χ0n) is 14.7. The van der Waals surface area contributed by atoms with Crippen LogP contribution in [-0.4, -0.2) is 41.5 Å². The lowest BCUT2D eigenvalue weighted by molar-refractivity contribution is 0.0998. The Morgan fingerprint density at radius 1 is 1.30 bits per heavy atom. The molecule has 0 aliphatic carbocycles. The molecule has 1 atom stereocenters. The maximum Gasteiger partial charge on any atom is 0.302 e. The van der Waals surface area contributed by atoms with Gasteiger partial charge in [0.25, 0.3) is 0 Å². The van der Waals surface area contributed by atoms with E-state index in [1.165, 1.54) is 0 Å². The van der Waals surface area contributed by atoms with E-state index in [1.807, 2.05) is 24.3 Å². The second-order valence-electron chi connectivity index (χ2n) is 5.96. The lowest BCUT2D eigenvalue weighted by Crippen LogP contribution is -2.30. The van der Waals surface area contributed by atoms with Gasteiger partial charge in [0.15, 0.2) is 17.5 Å². The van der Waals surface area contributed by atoms with Crippen molar-refractivity contribution in [2.24, 2.45) is 4.99 Å². The number of nitrogens with two attached hydrogens (primary N) is 2. The summed E-state index contributed by atoms with van der Waals surface area (Å²) in [5, 5.41) is 6.29. The van der Waals surface area contributed by atoms with Gasteiger partial charge in [0.1, 0.15) is 11.6 Å². The van der Waals surface area contributed by atoms with Gasteiger partial charge in [-0.3, -0.25) is 4.79 Å². The molecular weight excluding hydrogens is 461 g/mol. The number of methoxy groups -OCH3 is 1. The lowest BCUT2D eigenvalue weighted by Gasteiger charge is -2.09. The van der Waals surface area contributed by atoms with Gasteiger partial charge in [0.05, 0.1) is 18.8 Å². The fraction of sp³-hybridized carbons (Fsp3) is 0.294. The number of aliphatic imine (C=N–C) groups is 1. The summed E-state index contributed by atoms with van der Waals surface area (Å²) in [6.45, 7) is 0.653. The molecule has 10 heteroatoms. The highest BCUT2D eigenvalue weighted by molar-refractivity contribution is 14.1. The van der Waals surface area contributed by atoms with Crippen molar-refractivity contribution in [1.29, 1.82) is 0 Å². The van der Waals surface area contributed by atoms with E-state index in [0.717, 1.165) is 17.7 Å². The summed E-state index contributed by atoms with van der Waals surface area (Å²) in [6.07, 6.45) is 0.785. The van der Waals surface area contributed by atoms with Gasteiger partial charge in [-0.05, 0) is 24.1 Å². The largest absolute Gasteiger partial charge is 0.497 e. The van der Waals surface area contributed by atoms with Crippen LogP contribution in [0.3, 0.4) is 0 Å². The molecule has 2 aromatic rings. The molecule has 142 valence electrons. The lowest BCUT2D eigenvalue weighted by atomic mass is 10.1. The van der Waals surface area contributed by atoms with Crippen LogP contribution < -0.4 is 26.8 Å². The van der Waals surface area contributed by atoms with Crippen LogP contribution in [0.1, 0.15) is 21.7 Å². The van der Waals surface area contributed by atoms with Crippen LogP contribution in [-0.2, 0) is 10.8 Å². The molecule has 1 aromatic carbocycles.